The average Bonchev–Trinajstić information content (AvgIpc) is 3.04. The predicted molar refractivity (Wildman–Crippen MR) is 86.5 cm³/mol. The van der Waals surface area contributed by atoms with Crippen LogP contribution in [0.4, 0.5) is 5.82 Å². The molecule has 6 nitrogen and oxygen atoms in total. The predicted octanol–water partition coefficient (Wildman–Crippen LogP) is -0.750. The Morgan fingerprint density at radius 2 is 2.00 bits per heavy atom. The molecule has 7 heteroatoms. The van der Waals surface area contributed by atoms with E-state index in [9.17, 15) is 4.79 Å². The van der Waals surface area contributed by atoms with Gasteiger partial charge in [-0.05, 0) is 24.3 Å². The van der Waals surface area contributed by atoms with E-state index in [1.807, 2.05) is 12.1 Å². The molecule has 3 heterocycles. The maximum absolute atomic E-state index is 12.1. The van der Waals surface area contributed by atoms with Gasteiger partial charge in [0, 0.05) is 6.20 Å². The quantitative estimate of drug-likeness (QED) is 0.673. The first-order valence-corrected chi connectivity index (χ1v) is 8.18. The van der Waals surface area contributed by atoms with E-state index in [2.05, 4.69) is 10.3 Å². The van der Waals surface area contributed by atoms with E-state index in [-0.39, 0.29) is 5.91 Å². The lowest BCUT2D eigenvalue weighted by atomic mass is 10.3. The molecule has 1 amide bonds. The van der Waals surface area contributed by atoms with Crippen LogP contribution in [0.5, 0.6) is 0 Å². The Morgan fingerprint density at radius 1 is 1.22 bits per heavy atom. The monoisotopic (exact) mass is 336 g/mol. The molecule has 0 bridgehead atoms. The molecule has 0 radical (unpaired) electrons. The molecule has 3 N–H and O–H groups in total. The summed E-state index contributed by atoms with van der Waals surface area (Å²) in [6.45, 7) is 5.44. The second kappa shape index (κ2) is 7.59. The van der Waals surface area contributed by atoms with Crippen LogP contribution in [0.15, 0.2) is 41.1 Å². The Labute approximate surface area is 140 Å². The lowest BCUT2D eigenvalue weighted by Crippen LogP contribution is -3.28. The fourth-order valence-electron chi connectivity index (χ4n) is 2.83. The number of carbonyl (C=O) groups excluding carboxylic acids is 1. The highest BCUT2D eigenvalue weighted by atomic mass is 35.5. The van der Waals surface area contributed by atoms with Gasteiger partial charge in [-0.2, -0.15) is 0 Å². The molecule has 3 rings (SSSR count). The molecular weight excluding hydrogens is 316 g/mol. The van der Waals surface area contributed by atoms with Gasteiger partial charge in [0.1, 0.15) is 38.5 Å². The molecule has 0 atom stereocenters. The van der Waals surface area contributed by atoms with Crippen LogP contribution in [0, 0.1) is 0 Å². The zero-order chi connectivity index (χ0) is 16.1. The minimum Gasteiger partial charge on any atom is -0.463 e. The van der Waals surface area contributed by atoms with Gasteiger partial charge in [0.15, 0.2) is 12.3 Å². The summed E-state index contributed by atoms with van der Waals surface area (Å²) in [7, 11) is 0. The maximum atomic E-state index is 12.1. The van der Waals surface area contributed by atoms with Crippen molar-refractivity contribution in [1.82, 2.24) is 4.98 Å². The zero-order valence-corrected chi connectivity index (χ0v) is 13.6. The number of anilines is 1. The van der Waals surface area contributed by atoms with Gasteiger partial charge in [-0.1, -0.05) is 11.6 Å². The number of furan rings is 1. The number of piperazine rings is 1. The lowest BCUT2D eigenvalue weighted by Gasteiger charge is -2.28. The van der Waals surface area contributed by atoms with Gasteiger partial charge in [-0.15, -0.1) is 0 Å². The minimum absolute atomic E-state index is 0.00990. The normalized spacial score (nSPS) is 21.1. The van der Waals surface area contributed by atoms with Gasteiger partial charge in [-0.3, -0.25) is 4.79 Å². The number of nitrogens with zero attached hydrogens (tertiary/aromatic N) is 1. The standard InChI is InChI=1S/C16H19ClN4O2/c17-13-3-4-15(18-10-13)19-16(22)12-21-7-5-20(6-8-21)11-14-2-1-9-23-14/h1-4,9-10H,5-8,11-12H2,(H,18,19,22)/p+2. The molecule has 122 valence electrons. The van der Waals surface area contributed by atoms with Gasteiger partial charge >= 0.3 is 0 Å². The number of halogens is 1. The van der Waals surface area contributed by atoms with Crippen LogP contribution in [0.3, 0.4) is 0 Å². The molecule has 0 unspecified atom stereocenters. The first-order valence-electron chi connectivity index (χ1n) is 7.80. The molecular formula is C16H21ClN4O2+2. The van der Waals surface area contributed by atoms with Crippen LogP contribution < -0.4 is 15.1 Å². The third-order valence-electron chi connectivity index (χ3n) is 4.07. The number of carbonyl (C=O) groups is 1. The highest BCUT2D eigenvalue weighted by Gasteiger charge is 2.25. The SMILES string of the molecule is O=C(C[NH+]1CC[NH+](Cc2ccco2)CC1)Nc1ccc(Cl)cn1. The second-order valence-electron chi connectivity index (χ2n) is 5.84. The van der Waals surface area contributed by atoms with Gasteiger partial charge in [-0.25, -0.2) is 4.98 Å². The van der Waals surface area contributed by atoms with Crippen LogP contribution in [-0.2, 0) is 11.3 Å². The third-order valence-corrected chi connectivity index (χ3v) is 4.30. The Hall–Kier alpha value is -1.89. The van der Waals surface area contributed by atoms with Crippen molar-refractivity contribution in [2.24, 2.45) is 0 Å². The topological polar surface area (TPSA) is 64.0 Å². The van der Waals surface area contributed by atoms with Crippen LogP contribution in [0.1, 0.15) is 5.76 Å². The number of aromatic nitrogens is 1. The zero-order valence-electron chi connectivity index (χ0n) is 12.8. The van der Waals surface area contributed by atoms with E-state index in [0.29, 0.717) is 17.4 Å². The van der Waals surface area contributed by atoms with E-state index in [1.54, 1.807) is 18.4 Å². The van der Waals surface area contributed by atoms with Crippen molar-refractivity contribution >= 4 is 23.3 Å². The largest absolute Gasteiger partial charge is 0.463 e. The number of nitrogens with one attached hydrogen (secondary N) is 3. The molecule has 2 aromatic heterocycles. The Bertz CT molecular complexity index is 622. The molecule has 1 fully saturated rings. The van der Waals surface area contributed by atoms with Crippen LogP contribution in [0.2, 0.25) is 5.02 Å². The Kier molecular flexibility index (Phi) is 5.27. The van der Waals surface area contributed by atoms with Crippen molar-refractivity contribution < 1.29 is 19.0 Å². The molecule has 0 saturated carbocycles. The molecule has 0 aliphatic carbocycles. The number of amides is 1. The minimum atomic E-state index is -0.00990. The van der Waals surface area contributed by atoms with Crippen LogP contribution >= 0.6 is 11.6 Å². The van der Waals surface area contributed by atoms with E-state index >= 15 is 0 Å². The van der Waals surface area contributed by atoms with Crippen molar-refractivity contribution in [3.8, 4) is 0 Å². The number of pyridine rings is 1. The van der Waals surface area contributed by atoms with Gasteiger partial charge in [0.05, 0.1) is 11.3 Å². The fraction of sp³-hybridized carbons (Fsp3) is 0.375. The summed E-state index contributed by atoms with van der Waals surface area (Å²) in [5.41, 5.74) is 0. The van der Waals surface area contributed by atoms with E-state index in [4.69, 9.17) is 16.0 Å². The molecule has 1 aliphatic rings. The van der Waals surface area contributed by atoms with Crippen LogP contribution in [0.25, 0.3) is 0 Å². The summed E-state index contributed by atoms with van der Waals surface area (Å²) in [5, 5.41) is 3.37. The highest BCUT2D eigenvalue weighted by molar-refractivity contribution is 6.30. The molecule has 23 heavy (non-hydrogen) atoms. The summed E-state index contributed by atoms with van der Waals surface area (Å²) in [5.74, 6) is 1.56. The smallest absolute Gasteiger partial charge is 0.280 e. The highest BCUT2D eigenvalue weighted by Crippen LogP contribution is 2.08. The third kappa shape index (κ3) is 4.79. The molecule has 0 aromatic carbocycles. The van der Waals surface area contributed by atoms with Gasteiger partial charge in [0.2, 0.25) is 0 Å². The second-order valence-corrected chi connectivity index (χ2v) is 6.28. The summed E-state index contributed by atoms with van der Waals surface area (Å²) < 4.78 is 5.39. The summed E-state index contributed by atoms with van der Waals surface area (Å²) >= 11 is 5.78. The van der Waals surface area contributed by atoms with Gasteiger partial charge in [0.25, 0.3) is 5.91 Å². The average molecular weight is 337 g/mol. The van der Waals surface area contributed by atoms with Crippen molar-refractivity contribution in [2.75, 3.05) is 38.0 Å². The van der Waals surface area contributed by atoms with Crippen molar-refractivity contribution in [3.05, 3.63) is 47.5 Å². The van der Waals surface area contributed by atoms with Crippen LogP contribution in [-0.4, -0.2) is 43.6 Å². The van der Waals surface area contributed by atoms with Crippen molar-refractivity contribution in [2.45, 2.75) is 6.54 Å². The van der Waals surface area contributed by atoms with Crippen molar-refractivity contribution in [3.63, 3.8) is 0 Å². The number of rotatable bonds is 5. The molecule has 0 spiro atoms. The number of hydrogen-bond acceptors (Lipinski definition) is 3. The van der Waals surface area contributed by atoms with E-state index in [0.717, 1.165) is 38.5 Å². The molecule has 1 aliphatic heterocycles. The Balaban J connectivity index is 1.41. The summed E-state index contributed by atoms with van der Waals surface area (Å²) in [6, 6.07) is 7.36. The van der Waals surface area contributed by atoms with Crippen molar-refractivity contribution in [1.29, 1.82) is 0 Å². The number of quaternary nitrogens is 2. The maximum Gasteiger partial charge on any atom is 0.280 e. The van der Waals surface area contributed by atoms with E-state index < -0.39 is 0 Å². The molecule has 1 saturated heterocycles. The summed E-state index contributed by atoms with van der Waals surface area (Å²) in [4.78, 5) is 19.0. The Morgan fingerprint density at radius 3 is 2.65 bits per heavy atom. The summed E-state index contributed by atoms with van der Waals surface area (Å²) in [6.07, 6.45) is 3.24. The lowest BCUT2D eigenvalue weighted by molar-refractivity contribution is -1.02. The fourth-order valence-corrected chi connectivity index (χ4v) is 2.95. The van der Waals surface area contributed by atoms with Gasteiger partial charge < -0.3 is 19.5 Å². The van der Waals surface area contributed by atoms with E-state index in [1.165, 1.54) is 16.0 Å². The number of hydrogen-bond donors (Lipinski definition) is 3. The first kappa shape index (κ1) is 16.0. The first-order chi connectivity index (χ1) is 11.2. The molecule has 2 aromatic rings.